The van der Waals surface area contributed by atoms with Gasteiger partial charge in [0.25, 0.3) is 0 Å². The first kappa shape index (κ1) is 15.0. The number of rotatable bonds is 7. The second-order valence-electron chi connectivity index (χ2n) is 4.59. The number of hydrogen-bond donors (Lipinski definition) is 1. The van der Waals surface area contributed by atoms with Crippen molar-refractivity contribution in [2.45, 2.75) is 45.4 Å². The number of amides is 1. The summed E-state index contributed by atoms with van der Waals surface area (Å²) >= 11 is 5.73. The summed E-state index contributed by atoms with van der Waals surface area (Å²) in [5, 5.41) is 2.98. The van der Waals surface area contributed by atoms with Crippen molar-refractivity contribution in [2.24, 2.45) is 5.92 Å². The molecule has 0 bridgehead atoms. The van der Waals surface area contributed by atoms with Crippen molar-refractivity contribution in [2.75, 3.05) is 5.32 Å². The Hall–Kier alpha value is -1.02. The van der Waals surface area contributed by atoms with Gasteiger partial charge in [-0.1, -0.05) is 38.8 Å². The van der Waals surface area contributed by atoms with Gasteiger partial charge in [0.2, 0.25) is 5.91 Å². The van der Waals surface area contributed by atoms with Gasteiger partial charge in [-0.2, -0.15) is 0 Å². The van der Waals surface area contributed by atoms with Crippen LogP contribution in [-0.2, 0) is 10.7 Å². The van der Waals surface area contributed by atoms with E-state index >= 15 is 0 Å². The van der Waals surface area contributed by atoms with E-state index in [9.17, 15) is 4.79 Å². The third-order valence-electron chi connectivity index (χ3n) is 3.02. The number of hydrogen-bond acceptors (Lipinski definition) is 1. The molecule has 1 amide bonds. The Morgan fingerprint density at radius 2 is 1.72 bits per heavy atom. The van der Waals surface area contributed by atoms with Gasteiger partial charge in [-0.15, -0.1) is 11.6 Å². The minimum absolute atomic E-state index is 0.132. The SMILES string of the molecule is CCCC(CCC)C(=O)Nc1ccc(CCl)cc1. The Bertz CT molecular complexity index is 355. The van der Waals surface area contributed by atoms with Crippen molar-refractivity contribution < 1.29 is 4.79 Å². The molecule has 0 fully saturated rings. The third-order valence-corrected chi connectivity index (χ3v) is 3.33. The maximum atomic E-state index is 12.1. The van der Waals surface area contributed by atoms with Gasteiger partial charge in [-0.05, 0) is 30.5 Å². The van der Waals surface area contributed by atoms with E-state index in [4.69, 9.17) is 11.6 Å². The molecule has 1 rings (SSSR count). The maximum absolute atomic E-state index is 12.1. The molecular formula is C15H22ClNO. The number of benzene rings is 1. The molecule has 0 spiro atoms. The van der Waals surface area contributed by atoms with Crippen LogP contribution in [-0.4, -0.2) is 5.91 Å². The minimum Gasteiger partial charge on any atom is -0.326 e. The Labute approximate surface area is 115 Å². The molecule has 0 radical (unpaired) electrons. The zero-order chi connectivity index (χ0) is 13.4. The van der Waals surface area contributed by atoms with Crippen LogP contribution in [0.3, 0.4) is 0 Å². The summed E-state index contributed by atoms with van der Waals surface area (Å²) in [5.41, 5.74) is 1.92. The Morgan fingerprint density at radius 1 is 1.17 bits per heavy atom. The van der Waals surface area contributed by atoms with Gasteiger partial charge in [0, 0.05) is 17.5 Å². The number of carbonyl (C=O) groups is 1. The standard InChI is InChI=1S/C15H22ClNO/c1-3-5-13(6-4-2)15(18)17-14-9-7-12(11-16)8-10-14/h7-10,13H,3-6,11H2,1-2H3,(H,17,18). The van der Waals surface area contributed by atoms with Crippen LogP contribution in [0, 0.1) is 5.92 Å². The molecule has 1 aromatic rings. The van der Waals surface area contributed by atoms with Crippen molar-refractivity contribution in [3.63, 3.8) is 0 Å². The molecule has 3 heteroatoms. The highest BCUT2D eigenvalue weighted by molar-refractivity contribution is 6.17. The topological polar surface area (TPSA) is 29.1 Å². The van der Waals surface area contributed by atoms with E-state index in [1.54, 1.807) is 0 Å². The van der Waals surface area contributed by atoms with Crippen LogP contribution in [0.25, 0.3) is 0 Å². The van der Waals surface area contributed by atoms with Gasteiger partial charge in [-0.3, -0.25) is 4.79 Å². The molecule has 100 valence electrons. The molecule has 0 heterocycles. The first-order valence-corrected chi connectivity index (χ1v) is 7.20. The summed E-state index contributed by atoms with van der Waals surface area (Å²) in [6.07, 6.45) is 4.01. The Kier molecular flexibility index (Phi) is 6.81. The summed E-state index contributed by atoms with van der Waals surface area (Å²) in [5.74, 6) is 0.771. The van der Waals surface area contributed by atoms with Crippen molar-refractivity contribution in [1.29, 1.82) is 0 Å². The maximum Gasteiger partial charge on any atom is 0.227 e. The molecule has 18 heavy (non-hydrogen) atoms. The first-order valence-electron chi connectivity index (χ1n) is 6.67. The number of alkyl halides is 1. The van der Waals surface area contributed by atoms with E-state index in [2.05, 4.69) is 19.2 Å². The summed E-state index contributed by atoms with van der Waals surface area (Å²) in [6, 6.07) is 7.70. The zero-order valence-electron chi connectivity index (χ0n) is 11.2. The lowest BCUT2D eigenvalue weighted by Crippen LogP contribution is -2.22. The number of nitrogens with one attached hydrogen (secondary N) is 1. The molecule has 0 atom stereocenters. The van der Waals surface area contributed by atoms with E-state index in [0.29, 0.717) is 5.88 Å². The number of carbonyl (C=O) groups excluding carboxylic acids is 1. The molecule has 0 saturated carbocycles. The highest BCUT2D eigenvalue weighted by Crippen LogP contribution is 2.17. The van der Waals surface area contributed by atoms with Crippen LogP contribution in [0.5, 0.6) is 0 Å². The van der Waals surface area contributed by atoms with Crippen LogP contribution in [0.15, 0.2) is 24.3 Å². The van der Waals surface area contributed by atoms with Gasteiger partial charge < -0.3 is 5.32 Å². The van der Waals surface area contributed by atoms with Gasteiger partial charge in [0.15, 0.2) is 0 Å². The van der Waals surface area contributed by atoms with Crippen LogP contribution in [0.1, 0.15) is 45.1 Å². The summed E-state index contributed by atoms with van der Waals surface area (Å²) in [6.45, 7) is 4.23. The van der Waals surface area contributed by atoms with E-state index in [1.165, 1.54) is 0 Å². The molecule has 0 saturated heterocycles. The summed E-state index contributed by atoms with van der Waals surface area (Å²) in [7, 11) is 0. The molecule has 0 aliphatic carbocycles. The predicted molar refractivity (Wildman–Crippen MR) is 77.9 cm³/mol. The summed E-state index contributed by atoms with van der Waals surface area (Å²) < 4.78 is 0. The minimum atomic E-state index is 0.132. The zero-order valence-corrected chi connectivity index (χ0v) is 12.0. The highest BCUT2D eigenvalue weighted by atomic mass is 35.5. The molecule has 0 aromatic heterocycles. The molecule has 0 unspecified atom stereocenters. The number of halogens is 1. The molecule has 2 nitrogen and oxygen atoms in total. The quantitative estimate of drug-likeness (QED) is 0.720. The molecule has 1 N–H and O–H groups in total. The molecule has 1 aromatic carbocycles. The Balaban J connectivity index is 2.60. The van der Waals surface area contributed by atoms with Crippen molar-refractivity contribution >= 4 is 23.2 Å². The average Bonchev–Trinajstić information content (AvgIpc) is 2.39. The van der Waals surface area contributed by atoms with E-state index in [-0.39, 0.29) is 11.8 Å². The van der Waals surface area contributed by atoms with E-state index < -0.39 is 0 Å². The molecular weight excluding hydrogens is 246 g/mol. The second-order valence-corrected chi connectivity index (χ2v) is 4.86. The fourth-order valence-corrected chi connectivity index (χ4v) is 2.20. The smallest absolute Gasteiger partial charge is 0.227 e. The molecule has 0 aliphatic heterocycles. The summed E-state index contributed by atoms with van der Waals surface area (Å²) in [4.78, 5) is 12.1. The lowest BCUT2D eigenvalue weighted by molar-refractivity contribution is -0.120. The normalized spacial score (nSPS) is 10.7. The van der Waals surface area contributed by atoms with Crippen LogP contribution in [0.2, 0.25) is 0 Å². The van der Waals surface area contributed by atoms with Gasteiger partial charge in [-0.25, -0.2) is 0 Å². The third kappa shape index (κ3) is 4.69. The van der Waals surface area contributed by atoms with Crippen LogP contribution in [0.4, 0.5) is 5.69 Å². The van der Waals surface area contributed by atoms with Gasteiger partial charge in [0.1, 0.15) is 0 Å². The molecule has 0 aliphatic rings. The lowest BCUT2D eigenvalue weighted by atomic mass is 9.97. The van der Waals surface area contributed by atoms with Crippen LogP contribution >= 0.6 is 11.6 Å². The Morgan fingerprint density at radius 3 is 2.17 bits per heavy atom. The van der Waals surface area contributed by atoms with Gasteiger partial charge >= 0.3 is 0 Å². The van der Waals surface area contributed by atoms with Crippen molar-refractivity contribution in [3.8, 4) is 0 Å². The van der Waals surface area contributed by atoms with Crippen LogP contribution < -0.4 is 5.32 Å². The number of anilines is 1. The second kappa shape index (κ2) is 8.15. The average molecular weight is 268 g/mol. The van der Waals surface area contributed by atoms with Crippen molar-refractivity contribution in [3.05, 3.63) is 29.8 Å². The van der Waals surface area contributed by atoms with E-state index in [0.717, 1.165) is 36.9 Å². The lowest BCUT2D eigenvalue weighted by Gasteiger charge is -2.15. The monoisotopic (exact) mass is 267 g/mol. The fourth-order valence-electron chi connectivity index (χ4n) is 2.02. The van der Waals surface area contributed by atoms with Gasteiger partial charge in [0.05, 0.1) is 0 Å². The predicted octanol–water partition coefficient (Wildman–Crippen LogP) is 4.58. The fraction of sp³-hybridized carbons (Fsp3) is 0.533. The largest absolute Gasteiger partial charge is 0.326 e. The van der Waals surface area contributed by atoms with E-state index in [1.807, 2.05) is 24.3 Å². The first-order chi connectivity index (χ1) is 8.71. The van der Waals surface area contributed by atoms with Crippen molar-refractivity contribution in [1.82, 2.24) is 0 Å². The highest BCUT2D eigenvalue weighted by Gasteiger charge is 2.16.